The van der Waals surface area contributed by atoms with Crippen molar-refractivity contribution >= 4 is 53.5 Å². The summed E-state index contributed by atoms with van der Waals surface area (Å²) in [4.78, 5) is 74.4. The fraction of sp³-hybridized carbons (Fsp3) is 0.225. The van der Waals surface area contributed by atoms with Gasteiger partial charge in [-0.25, -0.2) is 19.2 Å². The lowest BCUT2D eigenvalue weighted by atomic mass is 10.0. The zero-order valence-electron chi connectivity index (χ0n) is 47.4. The van der Waals surface area contributed by atoms with E-state index < -0.39 is 23.9 Å². The van der Waals surface area contributed by atoms with Crippen molar-refractivity contribution in [3.8, 4) is 34.5 Å². The van der Waals surface area contributed by atoms with Crippen LogP contribution in [0.4, 0.5) is 11.4 Å². The molecule has 8 aromatic carbocycles. The highest BCUT2D eigenvalue weighted by Crippen LogP contribution is 2.25. The number of ketones is 1. The fourth-order valence-corrected chi connectivity index (χ4v) is 8.66. The zero-order chi connectivity index (χ0) is 58.7. The molecule has 0 unspecified atom stereocenters. The largest absolute Gasteiger partial charge is 0.494 e. The van der Waals surface area contributed by atoms with E-state index in [0.29, 0.717) is 69.8 Å². The minimum Gasteiger partial charge on any atom is -0.494 e. The standard InChI is InChI=1S/C71H68N2O11/c1-3-5-7-9-11-13-45-79-61-37-25-53(26-38-61)68(75)83-65-41-29-55(30-42-65)70(77)81-63-33-21-51(22-34-63)49-72-59-19-15-17-57(47-59)67(74)58-18-16-20-60(48-58)73-50-52-23-35-64(36-24-52)82-71(78)56-31-43-66(44-32-56)84-69(76)54-27-39-62(40-28-54)80-46-14-12-10-8-6-4-2/h15-44,47-50H,3-14,45-46H2,1-2H3. The van der Waals surface area contributed by atoms with Crippen molar-refractivity contribution in [1.29, 1.82) is 0 Å². The molecule has 428 valence electrons. The van der Waals surface area contributed by atoms with Crippen LogP contribution in [0.2, 0.25) is 0 Å². The second kappa shape index (κ2) is 32.0. The van der Waals surface area contributed by atoms with Crippen LogP contribution < -0.4 is 28.4 Å². The molecular weight excluding hydrogens is 1060 g/mol. The van der Waals surface area contributed by atoms with Gasteiger partial charge < -0.3 is 28.4 Å². The molecule has 0 aliphatic carbocycles. The molecule has 0 fully saturated rings. The molecule has 0 heterocycles. The number of carbonyl (C=O) groups excluding carboxylic acids is 5. The van der Waals surface area contributed by atoms with Gasteiger partial charge in [0.05, 0.1) is 46.8 Å². The maximum atomic E-state index is 13.7. The van der Waals surface area contributed by atoms with Gasteiger partial charge in [0.25, 0.3) is 0 Å². The van der Waals surface area contributed by atoms with Crippen LogP contribution in [-0.4, -0.2) is 55.3 Å². The van der Waals surface area contributed by atoms with Gasteiger partial charge in [0, 0.05) is 23.6 Å². The number of ether oxygens (including phenoxy) is 6. The monoisotopic (exact) mass is 1120 g/mol. The molecule has 0 amide bonds. The minimum absolute atomic E-state index is 0.205. The van der Waals surface area contributed by atoms with Crippen molar-refractivity contribution in [1.82, 2.24) is 0 Å². The van der Waals surface area contributed by atoms with E-state index in [1.807, 2.05) is 0 Å². The Morgan fingerprint density at radius 1 is 0.321 bits per heavy atom. The number of carbonyl (C=O) groups is 5. The highest BCUT2D eigenvalue weighted by Gasteiger charge is 2.16. The van der Waals surface area contributed by atoms with Gasteiger partial charge in [0.15, 0.2) is 5.78 Å². The molecule has 0 aliphatic heterocycles. The molecule has 0 bridgehead atoms. The first-order chi connectivity index (χ1) is 41.1. The summed E-state index contributed by atoms with van der Waals surface area (Å²) in [5.41, 5.74) is 4.80. The summed E-state index contributed by atoms with van der Waals surface area (Å²) in [5, 5.41) is 0. The van der Waals surface area contributed by atoms with E-state index >= 15 is 0 Å². The van der Waals surface area contributed by atoms with Crippen LogP contribution in [0.25, 0.3) is 0 Å². The minimum atomic E-state index is -0.580. The normalized spacial score (nSPS) is 11.1. The molecule has 0 aliphatic rings. The number of unbranched alkanes of at least 4 members (excludes halogenated alkanes) is 10. The molecule has 8 aromatic rings. The summed E-state index contributed by atoms with van der Waals surface area (Å²) < 4.78 is 33.9. The molecule has 0 aromatic heterocycles. The third-order valence-corrected chi connectivity index (χ3v) is 13.4. The molecule has 0 spiro atoms. The van der Waals surface area contributed by atoms with Crippen molar-refractivity contribution in [2.45, 2.75) is 90.9 Å². The van der Waals surface area contributed by atoms with E-state index in [4.69, 9.17) is 28.4 Å². The van der Waals surface area contributed by atoms with Crippen molar-refractivity contribution in [2.24, 2.45) is 9.98 Å². The predicted octanol–water partition coefficient (Wildman–Crippen LogP) is 16.8. The Hall–Kier alpha value is -9.75. The summed E-state index contributed by atoms with van der Waals surface area (Å²) in [5.74, 6) is 0.207. The Balaban J connectivity index is 0.753. The Kier molecular flexibility index (Phi) is 23.0. The lowest BCUT2D eigenvalue weighted by molar-refractivity contribution is 0.0720. The Labute approximate surface area is 491 Å². The second-order valence-electron chi connectivity index (χ2n) is 20.0. The van der Waals surface area contributed by atoms with Crippen molar-refractivity contribution in [3.63, 3.8) is 0 Å². The van der Waals surface area contributed by atoms with Crippen molar-refractivity contribution < 1.29 is 52.4 Å². The molecule has 84 heavy (non-hydrogen) atoms. The molecule has 0 saturated carbocycles. The van der Waals surface area contributed by atoms with Crippen molar-refractivity contribution in [3.05, 3.63) is 239 Å². The molecule has 13 heteroatoms. The van der Waals surface area contributed by atoms with E-state index in [2.05, 4.69) is 23.8 Å². The number of nitrogens with zero attached hydrogens (tertiary/aromatic N) is 2. The van der Waals surface area contributed by atoms with Crippen LogP contribution in [0.3, 0.4) is 0 Å². The van der Waals surface area contributed by atoms with Crippen LogP contribution in [-0.2, 0) is 0 Å². The number of hydrogen-bond acceptors (Lipinski definition) is 13. The van der Waals surface area contributed by atoms with Crippen LogP contribution in [0, 0.1) is 0 Å². The number of esters is 4. The number of rotatable bonds is 30. The Morgan fingerprint density at radius 3 is 0.929 bits per heavy atom. The van der Waals surface area contributed by atoms with E-state index in [9.17, 15) is 24.0 Å². The number of hydrogen-bond donors (Lipinski definition) is 0. The van der Waals surface area contributed by atoms with Crippen LogP contribution in [0.1, 0.15) is 159 Å². The van der Waals surface area contributed by atoms with Gasteiger partial charge in [0.2, 0.25) is 0 Å². The summed E-state index contributed by atoms with van der Waals surface area (Å²) in [7, 11) is 0. The van der Waals surface area contributed by atoms with Gasteiger partial charge in [-0.15, -0.1) is 0 Å². The average Bonchev–Trinajstić information content (AvgIpc) is 3.64. The maximum Gasteiger partial charge on any atom is 0.343 e. The smallest absolute Gasteiger partial charge is 0.343 e. The maximum absolute atomic E-state index is 13.7. The first-order valence-electron chi connectivity index (χ1n) is 28.7. The van der Waals surface area contributed by atoms with Gasteiger partial charge in [-0.2, -0.15) is 0 Å². The van der Waals surface area contributed by atoms with Crippen LogP contribution in [0.5, 0.6) is 34.5 Å². The first-order valence-corrected chi connectivity index (χ1v) is 28.7. The Morgan fingerprint density at radius 2 is 0.607 bits per heavy atom. The SMILES string of the molecule is CCCCCCCCOc1ccc(C(=O)Oc2ccc(C(=O)Oc3ccc(C=Nc4cccc(C(=O)c5cccc(N=Cc6ccc(OC(=O)c7ccc(OC(=O)c8ccc(OCCCCCCCC)cc8)cc7)cc6)c5)c4)cc3)cc2)cc1. The summed E-state index contributed by atoms with van der Waals surface area (Å²) in [6, 6.07) is 53.6. The molecule has 0 radical (unpaired) electrons. The quantitative estimate of drug-likeness (QED) is 0.0138. The first kappa shape index (κ1) is 60.3. The van der Waals surface area contributed by atoms with Gasteiger partial charge in [-0.1, -0.05) is 102 Å². The third-order valence-electron chi connectivity index (χ3n) is 13.4. The summed E-state index contributed by atoms with van der Waals surface area (Å²) >= 11 is 0. The molecule has 13 nitrogen and oxygen atoms in total. The lowest BCUT2D eigenvalue weighted by Gasteiger charge is -2.08. The number of aliphatic imine (C=N–C) groups is 2. The van der Waals surface area contributed by atoms with Crippen molar-refractivity contribution in [2.75, 3.05) is 13.2 Å². The van der Waals surface area contributed by atoms with E-state index in [1.54, 1.807) is 158 Å². The molecular formula is C71H68N2O11. The molecule has 8 rings (SSSR count). The van der Waals surface area contributed by atoms with E-state index in [0.717, 1.165) is 36.8 Å². The van der Waals surface area contributed by atoms with Crippen LogP contribution >= 0.6 is 0 Å². The topological polar surface area (TPSA) is 165 Å². The van der Waals surface area contributed by atoms with Gasteiger partial charge >= 0.3 is 23.9 Å². The summed E-state index contributed by atoms with van der Waals surface area (Å²) in [6.07, 6.45) is 17.5. The van der Waals surface area contributed by atoms with Crippen LogP contribution in [0.15, 0.2) is 204 Å². The zero-order valence-corrected chi connectivity index (χ0v) is 47.4. The van der Waals surface area contributed by atoms with Gasteiger partial charge in [0.1, 0.15) is 34.5 Å². The predicted molar refractivity (Wildman–Crippen MR) is 327 cm³/mol. The van der Waals surface area contributed by atoms with Gasteiger partial charge in [-0.05, 0) is 194 Å². The average molecular weight is 1130 g/mol. The number of benzene rings is 8. The molecule has 0 atom stereocenters. The second-order valence-corrected chi connectivity index (χ2v) is 20.0. The highest BCUT2D eigenvalue weighted by molar-refractivity contribution is 6.10. The Bertz CT molecular complexity index is 3250. The lowest BCUT2D eigenvalue weighted by Crippen LogP contribution is -2.10. The summed E-state index contributed by atoms with van der Waals surface area (Å²) in [6.45, 7) is 5.68. The van der Waals surface area contributed by atoms with E-state index in [1.165, 1.54) is 99.9 Å². The van der Waals surface area contributed by atoms with Gasteiger partial charge in [-0.3, -0.25) is 14.8 Å². The fourth-order valence-electron chi connectivity index (χ4n) is 8.66. The third kappa shape index (κ3) is 19.2. The molecule has 0 N–H and O–H groups in total. The highest BCUT2D eigenvalue weighted by atomic mass is 16.5. The van der Waals surface area contributed by atoms with E-state index in [-0.39, 0.29) is 28.4 Å². The molecule has 0 saturated heterocycles.